The van der Waals surface area contributed by atoms with Gasteiger partial charge in [0.1, 0.15) is 0 Å². The fraction of sp³-hybridized carbons (Fsp3) is 0.440. The molecule has 2 aliphatic rings. The van der Waals surface area contributed by atoms with Crippen molar-refractivity contribution in [2.45, 2.75) is 32.7 Å². The maximum atomic E-state index is 12.9. The molecule has 0 atom stereocenters. The molecule has 2 heterocycles. The Hall–Kier alpha value is -2.86. The van der Waals surface area contributed by atoms with E-state index in [-0.39, 0.29) is 12.0 Å². The Balaban J connectivity index is 1.38. The topological polar surface area (TPSA) is 61.9 Å². The lowest BCUT2D eigenvalue weighted by Gasteiger charge is -2.40. The van der Waals surface area contributed by atoms with Gasteiger partial charge in [-0.05, 0) is 62.5 Å². The molecule has 0 spiro atoms. The predicted molar refractivity (Wildman–Crippen MR) is 121 cm³/mol. The first kappa shape index (κ1) is 21.4. The van der Waals surface area contributed by atoms with Gasteiger partial charge in [0.05, 0.1) is 12.0 Å². The minimum absolute atomic E-state index is 0.0301. The molecule has 2 aromatic carbocycles. The average molecular weight is 422 g/mol. The highest BCUT2D eigenvalue weighted by molar-refractivity contribution is 5.93. The van der Waals surface area contributed by atoms with E-state index in [1.165, 1.54) is 11.1 Å². The third-order valence-corrected chi connectivity index (χ3v) is 6.42. The van der Waals surface area contributed by atoms with Crippen LogP contribution in [0.4, 0.5) is 10.5 Å². The Morgan fingerprint density at radius 2 is 1.71 bits per heavy atom. The Labute approximate surface area is 184 Å². The highest BCUT2D eigenvalue weighted by Crippen LogP contribution is 2.37. The molecular formula is C25H31N3O3. The van der Waals surface area contributed by atoms with Crippen molar-refractivity contribution >= 4 is 17.7 Å². The summed E-state index contributed by atoms with van der Waals surface area (Å²) in [5, 5.41) is 2.83. The number of hydrogen-bond acceptors (Lipinski definition) is 4. The third-order valence-electron chi connectivity index (χ3n) is 6.42. The summed E-state index contributed by atoms with van der Waals surface area (Å²) < 4.78 is 5.49. The second-order valence-corrected chi connectivity index (χ2v) is 8.49. The number of ether oxygens (including phenoxy) is 1. The van der Waals surface area contributed by atoms with Crippen LogP contribution in [0.3, 0.4) is 0 Å². The number of benzene rings is 2. The van der Waals surface area contributed by atoms with Crippen LogP contribution < -0.4 is 10.2 Å². The van der Waals surface area contributed by atoms with Crippen molar-refractivity contribution in [3.8, 4) is 0 Å². The molecule has 1 N–H and O–H groups in total. The Kier molecular flexibility index (Phi) is 6.56. The highest BCUT2D eigenvalue weighted by atomic mass is 16.5. The normalized spacial score (nSPS) is 18.6. The molecule has 2 aromatic rings. The number of carbonyl (C=O) groups excluding carboxylic acids is 2. The van der Waals surface area contributed by atoms with Gasteiger partial charge in [-0.25, -0.2) is 4.79 Å². The van der Waals surface area contributed by atoms with Crippen LogP contribution in [-0.2, 0) is 22.5 Å². The molecule has 6 nitrogen and oxygen atoms in total. The number of piperidine rings is 1. The van der Waals surface area contributed by atoms with E-state index >= 15 is 0 Å². The number of amides is 2. The van der Waals surface area contributed by atoms with Gasteiger partial charge in [0.25, 0.3) is 0 Å². The van der Waals surface area contributed by atoms with Crippen molar-refractivity contribution in [3.63, 3.8) is 0 Å². The monoisotopic (exact) mass is 421 g/mol. The number of urea groups is 1. The van der Waals surface area contributed by atoms with Gasteiger partial charge in [-0.3, -0.25) is 14.6 Å². The maximum absolute atomic E-state index is 12.9. The Bertz CT molecular complexity index is 890. The summed E-state index contributed by atoms with van der Waals surface area (Å²) in [7, 11) is 0. The van der Waals surface area contributed by atoms with Crippen LogP contribution in [-0.4, -0.2) is 49.7 Å². The standard InChI is InChI=1S/C25H31N3O3/c1-2-31-23(29)25(18-20-6-4-3-5-7-20)12-15-27(16-13-25)19-21-8-10-22(11-9-21)28-17-14-26-24(28)30/h3-11H,2,12-19H2,1H3,(H,26,30). The molecule has 164 valence electrons. The predicted octanol–water partition coefficient (Wildman–Crippen LogP) is 3.60. The van der Waals surface area contributed by atoms with E-state index in [1.54, 1.807) is 4.90 Å². The van der Waals surface area contributed by atoms with E-state index in [9.17, 15) is 9.59 Å². The summed E-state index contributed by atoms with van der Waals surface area (Å²) in [4.78, 5) is 28.9. The zero-order chi connectivity index (χ0) is 21.7. The molecule has 4 rings (SSSR count). The molecule has 2 saturated heterocycles. The molecule has 0 saturated carbocycles. The summed E-state index contributed by atoms with van der Waals surface area (Å²) in [6.07, 6.45) is 2.33. The van der Waals surface area contributed by atoms with Crippen molar-refractivity contribution < 1.29 is 14.3 Å². The first-order valence-electron chi connectivity index (χ1n) is 11.2. The van der Waals surface area contributed by atoms with Gasteiger partial charge in [0, 0.05) is 25.3 Å². The fourth-order valence-electron chi connectivity index (χ4n) is 4.62. The molecule has 6 heteroatoms. The van der Waals surface area contributed by atoms with Gasteiger partial charge >= 0.3 is 12.0 Å². The SMILES string of the molecule is CCOC(=O)C1(Cc2ccccc2)CCN(Cc2ccc(N3CCNC3=O)cc2)CC1. The summed E-state index contributed by atoms with van der Waals surface area (Å²) in [6, 6.07) is 18.4. The molecule has 0 aromatic heterocycles. The molecule has 0 bridgehead atoms. The van der Waals surface area contributed by atoms with Crippen LogP contribution in [0, 0.1) is 5.41 Å². The number of nitrogens with one attached hydrogen (secondary N) is 1. The molecule has 2 aliphatic heterocycles. The molecule has 0 aliphatic carbocycles. The smallest absolute Gasteiger partial charge is 0.321 e. The van der Waals surface area contributed by atoms with E-state index < -0.39 is 5.41 Å². The van der Waals surface area contributed by atoms with E-state index in [1.807, 2.05) is 37.3 Å². The number of hydrogen-bond donors (Lipinski definition) is 1. The second kappa shape index (κ2) is 9.52. The summed E-state index contributed by atoms with van der Waals surface area (Å²) in [5.41, 5.74) is 2.89. The molecule has 0 unspecified atom stereocenters. The minimum atomic E-state index is -0.444. The van der Waals surface area contributed by atoms with Crippen LogP contribution in [0.25, 0.3) is 0 Å². The lowest BCUT2D eigenvalue weighted by molar-refractivity contribution is -0.158. The quantitative estimate of drug-likeness (QED) is 0.694. The van der Waals surface area contributed by atoms with Crippen LogP contribution in [0.2, 0.25) is 0 Å². The van der Waals surface area contributed by atoms with Gasteiger partial charge in [-0.2, -0.15) is 0 Å². The third kappa shape index (κ3) is 4.90. The van der Waals surface area contributed by atoms with E-state index in [0.717, 1.165) is 44.6 Å². The molecule has 2 amide bonds. The largest absolute Gasteiger partial charge is 0.466 e. The van der Waals surface area contributed by atoms with Crippen LogP contribution in [0.5, 0.6) is 0 Å². The summed E-state index contributed by atoms with van der Waals surface area (Å²) in [6.45, 7) is 6.26. The second-order valence-electron chi connectivity index (χ2n) is 8.49. The van der Waals surface area contributed by atoms with Crippen molar-refractivity contribution in [2.75, 3.05) is 37.7 Å². The summed E-state index contributed by atoms with van der Waals surface area (Å²) >= 11 is 0. The molecule has 31 heavy (non-hydrogen) atoms. The lowest BCUT2D eigenvalue weighted by Crippen LogP contribution is -2.46. The van der Waals surface area contributed by atoms with E-state index in [4.69, 9.17) is 4.74 Å². The van der Waals surface area contributed by atoms with Gasteiger partial charge in [0.15, 0.2) is 0 Å². The number of nitrogens with zero attached hydrogens (tertiary/aromatic N) is 2. The van der Waals surface area contributed by atoms with Crippen LogP contribution in [0.15, 0.2) is 54.6 Å². The van der Waals surface area contributed by atoms with Gasteiger partial charge < -0.3 is 10.1 Å². The molecule has 0 radical (unpaired) electrons. The van der Waals surface area contributed by atoms with Gasteiger partial charge in [0.2, 0.25) is 0 Å². The Morgan fingerprint density at radius 1 is 1.00 bits per heavy atom. The zero-order valence-electron chi connectivity index (χ0n) is 18.2. The van der Waals surface area contributed by atoms with Gasteiger partial charge in [-0.15, -0.1) is 0 Å². The average Bonchev–Trinajstić information content (AvgIpc) is 3.22. The molecular weight excluding hydrogens is 390 g/mol. The van der Waals surface area contributed by atoms with Crippen molar-refractivity contribution in [1.82, 2.24) is 10.2 Å². The van der Waals surface area contributed by atoms with Gasteiger partial charge in [-0.1, -0.05) is 42.5 Å². The summed E-state index contributed by atoms with van der Waals surface area (Å²) in [5.74, 6) is -0.0632. The highest BCUT2D eigenvalue weighted by Gasteiger charge is 2.42. The van der Waals surface area contributed by atoms with Crippen molar-refractivity contribution in [1.29, 1.82) is 0 Å². The van der Waals surface area contributed by atoms with Crippen LogP contribution in [0.1, 0.15) is 30.9 Å². The van der Waals surface area contributed by atoms with Crippen molar-refractivity contribution in [2.24, 2.45) is 5.41 Å². The fourth-order valence-corrected chi connectivity index (χ4v) is 4.62. The molecule has 2 fully saturated rings. The van der Waals surface area contributed by atoms with E-state index in [2.05, 4.69) is 34.5 Å². The first-order chi connectivity index (χ1) is 15.1. The number of carbonyl (C=O) groups is 2. The Morgan fingerprint density at radius 3 is 2.32 bits per heavy atom. The number of esters is 1. The van der Waals surface area contributed by atoms with Crippen LogP contribution >= 0.6 is 0 Å². The van der Waals surface area contributed by atoms with Crippen molar-refractivity contribution in [3.05, 3.63) is 65.7 Å². The lowest BCUT2D eigenvalue weighted by atomic mass is 9.73. The zero-order valence-corrected chi connectivity index (χ0v) is 18.2. The first-order valence-corrected chi connectivity index (χ1v) is 11.2. The number of anilines is 1. The number of rotatable bonds is 7. The minimum Gasteiger partial charge on any atom is -0.466 e. The maximum Gasteiger partial charge on any atom is 0.321 e. The number of likely N-dealkylation sites (tertiary alicyclic amines) is 1. The van der Waals surface area contributed by atoms with E-state index in [0.29, 0.717) is 19.7 Å².